The van der Waals surface area contributed by atoms with Gasteiger partial charge in [0.25, 0.3) is 5.91 Å². The molecule has 2 atom stereocenters. The monoisotopic (exact) mass is 316 g/mol. The average Bonchev–Trinajstić information content (AvgIpc) is 3.22. The summed E-state index contributed by atoms with van der Waals surface area (Å²) in [4.78, 5) is 14.4. The number of ether oxygens (including phenoxy) is 2. The van der Waals surface area contributed by atoms with E-state index in [0.717, 1.165) is 5.69 Å². The van der Waals surface area contributed by atoms with Crippen LogP contribution in [0.25, 0.3) is 0 Å². The highest BCUT2D eigenvalue weighted by Gasteiger charge is 2.31. The normalized spacial score (nSPS) is 23.4. The van der Waals surface area contributed by atoms with Crippen LogP contribution < -0.4 is 9.64 Å². The molecule has 8 heteroatoms. The zero-order valence-electron chi connectivity index (χ0n) is 12.3. The van der Waals surface area contributed by atoms with Crippen LogP contribution in [-0.2, 0) is 4.74 Å². The van der Waals surface area contributed by atoms with Gasteiger partial charge in [-0.15, -0.1) is 5.10 Å². The fourth-order valence-electron chi connectivity index (χ4n) is 2.84. The number of amides is 1. The van der Waals surface area contributed by atoms with Crippen LogP contribution >= 0.6 is 0 Å². The summed E-state index contributed by atoms with van der Waals surface area (Å²) in [5, 5.41) is 17.8. The lowest BCUT2D eigenvalue weighted by molar-refractivity contribution is 0.0971. The zero-order valence-corrected chi connectivity index (χ0v) is 12.3. The SMILES string of the molecule is O=C(c1cn([C@@H]2COC[C@H]2O)nn1)N1CCOc2ccccc21. The van der Waals surface area contributed by atoms with Gasteiger partial charge in [-0.2, -0.15) is 0 Å². The second-order valence-electron chi connectivity index (χ2n) is 5.53. The molecule has 120 valence electrons. The number of nitrogens with zero attached hydrogens (tertiary/aromatic N) is 4. The van der Waals surface area contributed by atoms with Crippen LogP contribution in [-0.4, -0.2) is 58.5 Å². The number of carbonyl (C=O) groups is 1. The summed E-state index contributed by atoms with van der Waals surface area (Å²) in [7, 11) is 0. The standard InChI is InChI=1S/C15H16N4O4/c20-13-9-22-8-12(13)19-7-10(16-17-19)15(21)18-5-6-23-14-4-2-1-3-11(14)18/h1-4,7,12-13,20H,5-6,8-9H2/t12-,13-/m1/s1. The van der Waals surface area contributed by atoms with Gasteiger partial charge in [0, 0.05) is 0 Å². The number of hydrogen-bond acceptors (Lipinski definition) is 6. The van der Waals surface area contributed by atoms with Crippen LogP contribution in [0.1, 0.15) is 16.5 Å². The predicted molar refractivity (Wildman–Crippen MR) is 79.5 cm³/mol. The molecule has 0 radical (unpaired) electrons. The summed E-state index contributed by atoms with van der Waals surface area (Å²) in [6, 6.07) is 7.09. The molecule has 23 heavy (non-hydrogen) atoms. The van der Waals surface area contributed by atoms with E-state index in [4.69, 9.17) is 9.47 Å². The second-order valence-corrected chi connectivity index (χ2v) is 5.53. The van der Waals surface area contributed by atoms with Gasteiger partial charge in [0.05, 0.1) is 31.6 Å². The van der Waals surface area contributed by atoms with Crippen LogP contribution in [0.15, 0.2) is 30.5 Å². The van der Waals surface area contributed by atoms with Crippen LogP contribution in [0.2, 0.25) is 0 Å². The summed E-state index contributed by atoms with van der Waals surface area (Å²) < 4.78 is 12.3. The van der Waals surface area contributed by atoms with Crippen LogP contribution in [0.4, 0.5) is 5.69 Å². The average molecular weight is 316 g/mol. The van der Waals surface area contributed by atoms with Gasteiger partial charge in [0.1, 0.15) is 24.5 Å². The molecule has 1 aromatic heterocycles. The number of fused-ring (bicyclic) bond motifs is 1. The van der Waals surface area contributed by atoms with Crippen LogP contribution in [0.3, 0.4) is 0 Å². The number of aliphatic hydroxyl groups excluding tert-OH is 1. The van der Waals surface area contributed by atoms with Crippen molar-refractivity contribution in [2.45, 2.75) is 12.1 Å². The quantitative estimate of drug-likeness (QED) is 0.854. The summed E-state index contributed by atoms with van der Waals surface area (Å²) in [5.74, 6) is 0.444. The first-order chi connectivity index (χ1) is 11.2. The maximum absolute atomic E-state index is 12.7. The minimum absolute atomic E-state index is 0.236. The number of aliphatic hydroxyl groups is 1. The number of para-hydroxylation sites is 2. The molecule has 1 N–H and O–H groups in total. The highest BCUT2D eigenvalue weighted by molar-refractivity contribution is 6.05. The summed E-state index contributed by atoms with van der Waals surface area (Å²) >= 11 is 0. The maximum atomic E-state index is 12.7. The Kier molecular flexibility index (Phi) is 3.47. The van der Waals surface area contributed by atoms with E-state index in [0.29, 0.717) is 25.5 Å². The van der Waals surface area contributed by atoms with Gasteiger partial charge in [-0.05, 0) is 12.1 Å². The molecule has 0 bridgehead atoms. The van der Waals surface area contributed by atoms with E-state index in [1.165, 1.54) is 4.68 Å². The third kappa shape index (κ3) is 2.45. The van der Waals surface area contributed by atoms with Crippen molar-refractivity contribution >= 4 is 11.6 Å². The molecule has 4 rings (SSSR count). The van der Waals surface area contributed by atoms with Crippen molar-refractivity contribution < 1.29 is 19.4 Å². The van der Waals surface area contributed by atoms with Crippen molar-refractivity contribution in [2.24, 2.45) is 0 Å². The summed E-state index contributed by atoms with van der Waals surface area (Å²) in [6.07, 6.45) is 0.923. The first kappa shape index (κ1) is 14.2. The number of carbonyl (C=O) groups excluding carboxylic acids is 1. The van der Waals surface area contributed by atoms with Gasteiger partial charge in [-0.3, -0.25) is 9.69 Å². The number of hydrogen-bond donors (Lipinski definition) is 1. The van der Waals surface area contributed by atoms with E-state index < -0.39 is 6.10 Å². The zero-order chi connectivity index (χ0) is 15.8. The topological polar surface area (TPSA) is 89.7 Å². The molecule has 0 aliphatic carbocycles. The van der Waals surface area contributed by atoms with Gasteiger partial charge in [0.2, 0.25) is 0 Å². The van der Waals surface area contributed by atoms with Gasteiger partial charge >= 0.3 is 0 Å². The highest BCUT2D eigenvalue weighted by Crippen LogP contribution is 2.31. The van der Waals surface area contributed by atoms with Gasteiger partial charge < -0.3 is 14.6 Å². The van der Waals surface area contributed by atoms with Gasteiger partial charge in [0.15, 0.2) is 5.69 Å². The molecule has 2 aromatic rings. The summed E-state index contributed by atoms with van der Waals surface area (Å²) in [5.41, 5.74) is 0.961. The number of anilines is 1. The van der Waals surface area contributed by atoms with Gasteiger partial charge in [-0.1, -0.05) is 17.3 Å². The van der Waals surface area contributed by atoms with Crippen LogP contribution in [0, 0.1) is 0 Å². The van der Waals surface area contributed by atoms with Crippen molar-refractivity contribution in [3.63, 3.8) is 0 Å². The largest absolute Gasteiger partial charge is 0.490 e. The van der Waals surface area contributed by atoms with E-state index >= 15 is 0 Å². The Hall–Kier alpha value is -2.45. The summed E-state index contributed by atoms with van der Waals surface area (Å²) in [6.45, 7) is 1.52. The minimum atomic E-state index is -0.635. The second kappa shape index (κ2) is 5.64. The molecule has 2 aliphatic heterocycles. The number of benzene rings is 1. The van der Waals surface area contributed by atoms with Crippen molar-refractivity contribution in [1.29, 1.82) is 0 Å². The van der Waals surface area contributed by atoms with Crippen LogP contribution in [0.5, 0.6) is 5.75 Å². The number of aromatic nitrogens is 3. The molecule has 0 saturated carbocycles. The van der Waals surface area contributed by atoms with Gasteiger partial charge in [-0.25, -0.2) is 4.68 Å². The Labute approximate surface area is 132 Å². The molecule has 1 saturated heterocycles. The van der Waals surface area contributed by atoms with E-state index in [9.17, 15) is 9.90 Å². The third-order valence-corrected chi connectivity index (χ3v) is 4.06. The van der Waals surface area contributed by atoms with E-state index in [1.807, 2.05) is 24.3 Å². The Bertz CT molecular complexity index is 732. The van der Waals surface area contributed by atoms with Crippen molar-refractivity contribution in [3.05, 3.63) is 36.2 Å². The first-order valence-electron chi connectivity index (χ1n) is 7.45. The fraction of sp³-hybridized carbons (Fsp3) is 0.400. The molecule has 2 aliphatic rings. The molecular weight excluding hydrogens is 300 g/mol. The Morgan fingerprint density at radius 3 is 3.00 bits per heavy atom. The molecule has 0 unspecified atom stereocenters. The lowest BCUT2D eigenvalue weighted by atomic mass is 10.2. The maximum Gasteiger partial charge on any atom is 0.280 e. The molecular formula is C15H16N4O4. The Balaban J connectivity index is 1.60. The molecule has 1 amide bonds. The highest BCUT2D eigenvalue weighted by atomic mass is 16.5. The molecule has 0 spiro atoms. The smallest absolute Gasteiger partial charge is 0.280 e. The van der Waals surface area contributed by atoms with E-state index in [1.54, 1.807) is 11.1 Å². The molecule has 3 heterocycles. The van der Waals surface area contributed by atoms with Crippen molar-refractivity contribution in [3.8, 4) is 5.75 Å². The molecule has 1 fully saturated rings. The Morgan fingerprint density at radius 2 is 2.17 bits per heavy atom. The third-order valence-electron chi connectivity index (χ3n) is 4.06. The van der Waals surface area contributed by atoms with E-state index in [2.05, 4.69) is 10.3 Å². The lowest BCUT2D eigenvalue weighted by Gasteiger charge is -2.28. The minimum Gasteiger partial charge on any atom is -0.490 e. The Morgan fingerprint density at radius 1 is 1.30 bits per heavy atom. The lowest BCUT2D eigenvalue weighted by Crippen LogP contribution is -2.38. The molecule has 1 aromatic carbocycles. The molecule has 8 nitrogen and oxygen atoms in total. The first-order valence-corrected chi connectivity index (χ1v) is 7.45. The van der Waals surface area contributed by atoms with Crippen molar-refractivity contribution in [2.75, 3.05) is 31.3 Å². The van der Waals surface area contributed by atoms with E-state index in [-0.39, 0.29) is 24.2 Å². The fourth-order valence-corrected chi connectivity index (χ4v) is 2.84. The number of rotatable bonds is 2. The van der Waals surface area contributed by atoms with Crippen molar-refractivity contribution in [1.82, 2.24) is 15.0 Å². The predicted octanol–water partition coefficient (Wildman–Crippen LogP) is 0.249.